The average molecular weight is 263 g/mol. The minimum absolute atomic E-state index is 0.196. The molecule has 19 heavy (non-hydrogen) atoms. The molecule has 0 spiro atoms. The van der Waals surface area contributed by atoms with E-state index < -0.39 is 0 Å². The highest BCUT2D eigenvalue weighted by atomic mass is 16.5. The van der Waals surface area contributed by atoms with Crippen molar-refractivity contribution in [2.45, 2.75) is 76.2 Å². The van der Waals surface area contributed by atoms with E-state index in [2.05, 4.69) is 10.1 Å². The average Bonchev–Trinajstić information content (AvgIpc) is 3.11. The Kier molecular flexibility index (Phi) is 4.16. The molecule has 1 aromatic rings. The third-order valence-electron chi connectivity index (χ3n) is 4.87. The maximum Gasteiger partial charge on any atom is 0.228 e. The Hall–Kier alpha value is -0.900. The largest absolute Gasteiger partial charge is 0.339 e. The van der Waals surface area contributed by atoms with Crippen LogP contribution in [0.15, 0.2) is 4.52 Å². The standard InChI is InChI=1S/C15H25N3O/c16-13(11-6-4-5-7-11)10-14-17-15(18-19-14)12-8-2-1-3-9-12/h11-13H,1-10,16H2. The van der Waals surface area contributed by atoms with Crippen molar-refractivity contribution < 1.29 is 4.52 Å². The fourth-order valence-corrected chi connectivity index (χ4v) is 3.63. The Morgan fingerprint density at radius 3 is 2.47 bits per heavy atom. The van der Waals surface area contributed by atoms with Crippen LogP contribution < -0.4 is 5.73 Å². The van der Waals surface area contributed by atoms with Gasteiger partial charge in [-0.05, 0) is 31.6 Å². The highest BCUT2D eigenvalue weighted by Gasteiger charge is 2.25. The van der Waals surface area contributed by atoms with Gasteiger partial charge in [-0.2, -0.15) is 4.98 Å². The van der Waals surface area contributed by atoms with Gasteiger partial charge >= 0.3 is 0 Å². The Morgan fingerprint density at radius 1 is 1.05 bits per heavy atom. The van der Waals surface area contributed by atoms with E-state index >= 15 is 0 Å². The van der Waals surface area contributed by atoms with Crippen molar-refractivity contribution in [1.29, 1.82) is 0 Å². The summed E-state index contributed by atoms with van der Waals surface area (Å²) >= 11 is 0. The Balaban J connectivity index is 1.57. The first-order valence-corrected chi connectivity index (χ1v) is 7.91. The molecule has 0 saturated heterocycles. The van der Waals surface area contributed by atoms with Crippen molar-refractivity contribution in [3.05, 3.63) is 11.7 Å². The summed E-state index contributed by atoms with van der Waals surface area (Å²) in [5.41, 5.74) is 6.27. The van der Waals surface area contributed by atoms with E-state index in [4.69, 9.17) is 10.3 Å². The lowest BCUT2D eigenvalue weighted by atomic mass is 9.89. The zero-order chi connectivity index (χ0) is 13.1. The van der Waals surface area contributed by atoms with E-state index in [1.54, 1.807) is 0 Å². The number of hydrogen-bond donors (Lipinski definition) is 1. The molecule has 1 aromatic heterocycles. The SMILES string of the molecule is NC(Cc1nc(C2CCCCC2)no1)C1CCCC1. The van der Waals surface area contributed by atoms with Gasteiger partial charge in [-0.1, -0.05) is 37.3 Å². The number of nitrogens with two attached hydrogens (primary N) is 1. The number of nitrogens with zero attached hydrogens (tertiary/aromatic N) is 2. The van der Waals surface area contributed by atoms with Crippen LogP contribution >= 0.6 is 0 Å². The van der Waals surface area contributed by atoms with Gasteiger partial charge in [0.25, 0.3) is 0 Å². The highest BCUT2D eigenvalue weighted by Crippen LogP contribution is 2.31. The predicted octanol–water partition coefficient (Wildman–Crippen LogP) is 3.18. The molecule has 0 amide bonds. The fourth-order valence-electron chi connectivity index (χ4n) is 3.63. The third-order valence-corrected chi connectivity index (χ3v) is 4.87. The molecule has 106 valence electrons. The lowest BCUT2D eigenvalue weighted by Crippen LogP contribution is -2.30. The molecule has 2 aliphatic carbocycles. The van der Waals surface area contributed by atoms with Gasteiger partial charge in [0.05, 0.1) is 0 Å². The van der Waals surface area contributed by atoms with E-state index in [-0.39, 0.29) is 6.04 Å². The van der Waals surface area contributed by atoms with Crippen LogP contribution in [0.3, 0.4) is 0 Å². The number of hydrogen-bond acceptors (Lipinski definition) is 4. The van der Waals surface area contributed by atoms with Gasteiger partial charge in [0.1, 0.15) is 0 Å². The quantitative estimate of drug-likeness (QED) is 0.906. The van der Waals surface area contributed by atoms with Crippen LogP contribution in [0, 0.1) is 5.92 Å². The molecule has 1 atom stereocenters. The molecular weight excluding hydrogens is 238 g/mol. The second-order valence-electron chi connectivity index (χ2n) is 6.29. The molecule has 1 heterocycles. The summed E-state index contributed by atoms with van der Waals surface area (Å²) in [7, 11) is 0. The first-order chi connectivity index (χ1) is 9.33. The summed E-state index contributed by atoms with van der Waals surface area (Å²) in [6, 6.07) is 0.196. The summed E-state index contributed by atoms with van der Waals surface area (Å²) < 4.78 is 5.41. The van der Waals surface area contributed by atoms with Crippen LogP contribution in [-0.4, -0.2) is 16.2 Å². The number of rotatable bonds is 4. The van der Waals surface area contributed by atoms with Crippen molar-refractivity contribution in [2.75, 3.05) is 0 Å². The van der Waals surface area contributed by atoms with E-state index in [1.807, 2.05) is 0 Å². The van der Waals surface area contributed by atoms with E-state index in [9.17, 15) is 0 Å². The lowest BCUT2D eigenvalue weighted by Gasteiger charge is -2.18. The first-order valence-electron chi connectivity index (χ1n) is 7.91. The molecule has 1 unspecified atom stereocenters. The van der Waals surface area contributed by atoms with Crippen molar-refractivity contribution in [2.24, 2.45) is 11.7 Å². The minimum Gasteiger partial charge on any atom is -0.339 e. The highest BCUT2D eigenvalue weighted by molar-refractivity contribution is 4.98. The fraction of sp³-hybridized carbons (Fsp3) is 0.867. The summed E-state index contributed by atoms with van der Waals surface area (Å²) in [5.74, 6) is 2.85. The Morgan fingerprint density at radius 2 is 1.74 bits per heavy atom. The molecule has 3 rings (SSSR count). The van der Waals surface area contributed by atoms with Crippen LogP contribution in [0.5, 0.6) is 0 Å². The molecule has 4 nitrogen and oxygen atoms in total. The summed E-state index contributed by atoms with van der Waals surface area (Å²) in [6.07, 6.45) is 12.3. The second-order valence-corrected chi connectivity index (χ2v) is 6.29. The minimum atomic E-state index is 0.196. The van der Waals surface area contributed by atoms with Gasteiger partial charge in [0, 0.05) is 18.4 Å². The normalized spacial score (nSPS) is 23.8. The maximum atomic E-state index is 6.27. The predicted molar refractivity (Wildman–Crippen MR) is 73.8 cm³/mol. The van der Waals surface area contributed by atoms with Gasteiger partial charge in [0.2, 0.25) is 5.89 Å². The topological polar surface area (TPSA) is 64.9 Å². The molecule has 2 saturated carbocycles. The molecule has 0 aromatic carbocycles. The summed E-state index contributed by atoms with van der Waals surface area (Å²) in [5, 5.41) is 4.18. The summed E-state index contributed by atoms with van der Waals surface area (Å²) in [6.45, 7) is 0. The zero-order valence-corrected chi connectivity index (χ0v) is 11.7. The third kappa shape index (κ3) is 3.16. The molecule has 0 radical (unpaired) electrons. The first kappa shape index (κ1) is 13.1. The van der Waals surface area contributed by atoms with Crippen molar-refractivity contribution in [3.8, 4) is 0 Å². The van der Waals surface area contributed by atoms with Crippen LogP contribution in [-0.2, 0) is 6.42 Å². The Bertz CT molecular complexity index is 392. The van der Waals surface area contributed by atoms with Crippen LogP contribution in [0.2, 0.25) is 0 Å². The molecule has 4 heteroatoms. The van der Waals surface area contributed by atoms with Gasteiger partial charge in [-0.25, -0.2) is 0 Å². The van der Waals surface area contributed by atoms with Gasteiger partial charge in [0.15, 0.2) is 5.82 Å². The lowest BCUT2D eigenvalue weighted by molar-refractivity contribution is 0.332. The monoisotopic (exact) mass is 263 g/mol. The molecule has 2 aliphatic rings. The van der Waals surface area contributed by atoms with Gasteiger partial charge in [-0.3, -0.25) is 0 Å². The van der Waals surface area contributed by atoms with Gasteiger partial charge in [-0.15, -0.1) is 0 Å². The van der Waals surface area contributed by atoms with E-state index in [0.717, 1.165) is 18.1 Å². The molecule has 2 fully saturated rings. The summed E-state index contributed by atoms with van der Waals surface area (Å²) in [4.78, 5) is 4.59. The van der Waals surface area contributed by atoms with Crippen LogP contribution in [0.1, 0.15) is 75.4 Å². The smallest absolute Gasteiger partial charge is 0.228 e. The van der Waals surface area contributed by atoms with E-state index in [0.29, 0.717) is 11.8 Å². The van der Waals surface area contributed by atoms with Crippen molar-refractivity contribution in [3.63, 3.8) is 0 Å². The second kappa shape index (κ2) is 6.04. The van der Waals surface area contributed by atoms with Crippen molar-refractivity contribution >= 4 is 0 Å². The van der Waals surface area contributed by atoms with E-state index in [1.165, 1.54) is 57.8 Å². The van der Waals surface area contributed by atoms with Crippen molar-refractivity contribution in [1.82, 2.24) is 10.1 Å². The Labute approximate surface area is 115 Å². The van der Waals surface area contributed by atoms with Crippen LogP contribution in [0.25, 0.3) is 0 Å². The molecular formula is C15H25N3O. The maximum absolute atomic E-state index is 6.27. The molecule has 2 N–H and O–H groups in total. The van der Waals surface area contributed by atoms with Crippen LogP contribution in [0.4, 0.5) is 0 Å². The molecule has 0 bridgehead atoms. The van der Waals surface area contributed by atoms with Gasteiger partial charge < -0.3 is 10.3 Å². The molecule has 0 aliphatic heterocycles. The number of aromatic nitrogens is 2. The zero-order valence-electron chi connectivity index (χ0n) is 11.7.